The number of ether oxygens (including phenoxy) is 2. The van der Waals surface area contributed by atoms with Gasteiger partial charge in [0.25, 0.3) is 0 Å². The minimum Gasteiger partial charge on any atom is -0.452 e. The fourth-order valence-electron chi connectivity index (χ4n) is 3.98. The predicted molar refractivity (Wildman–Crippen MR) is 93.7 cm³/mol. The van der Waals surface area contributed by atoms with E-state index in [-0.39, 0.29) is 0 Å². The number of nitrogens with zero attached hydrogens (tertiary/aromatic N) is 2. The van der Waals surface area contributed by atoms with Crippen molar-refractivity contribution in [1.29, 1.82) is 5.26 Å². The molecule has 0 aliphatic carbocycles. The van der Waals surface area contributed by atoms with Crippen molar-refractivity contribution in [2.24, 2.45) is 11.3 Å². The average Bonchev–Trinajstić information content (AvgIpc) is 3.02. The van der Waals surface area contributed by atoms with E-state index in [1.54, 1.807) is 12.1 Å². The Bertz CT molecular complexity index is 829. The van der Waals surface area contributed by atoms with Crippen LogP contribution in [0.15, 0.2) is 35.3 Å². The van der Waals surface area contributed by atoms with Crippen LogP contribution in [0.3, 0.4) is 0 Å². The molecule has 1 saturated heterocycles. The first-order valence-electron chi connectivity index (χ1n) is 7.67. The number of hydrogen-bond donors (Lipinski definition) is 0. The molecular weight excluding hydrogens is 388 g/mol. The molecule has 3 atom stereocenters. The monoisotopic (exact) mass is 404 g/mol. The van der Waals surface area contributed by atoms with Gasteiger partial charge in [0.05, 0.1) is 24.3 Å². The molecule has 0 aromatic heterocycles. The molecule has 1 amide bonds. The summed E-state index contributed by atoms with van der Waals surface area (Å²) in [5.74, 6) is -1.72. The lowest BCUT2D eigenvalue weighted by molar-refractivity contribution is -0.142. The number of halogens is 1. The summed E-state index contributed by atoms with van der Waals surface area (Å²) in [5, 5.41) is 9.74. The molecule has 130 valence electrons. The van der Waals surface area contributed by atoms with Crippen LogP contribution in [0.1, 0.15) is 19.4 Å². The zero-order chi connectivity index (χ0) is 18.6. The number of esters is 1. The number of allylic oxidation sites excluding steroid dienone is 1. The molecule has 0 unspecified atom stereocenters. The fraction of sp³-hybridized carbons (Fsp3) is 0.389. The molecule has 1 aromatic carbocycles. The van der Waals surface area contributed by atoms with Gasteiger partial charge in [-0.05, 0) is 23.1 Å². The molecule has 0 N–H and O–H groups in total. The lowest BCUT2D eigenvalue weighted by Gasteiger charge is -2.42. The van der Waals surface area contributed by atoms with Crippen molar-refractivity contribution in [3.63, 3.8) is 0 Å². The molecule has 0 bridgehead atoms. The summed E-state index contributed by atoms with van der Waals surface area (Å²) in [4.78, 5) is 26.2. The summed E-state index contributed by atoms with van der Waals surface area (Å²) in [6.45, 7) is 7.65. The fourth-order valence-corrected chi connectivity index (χ4v) is 4.33. The molecule has 6 nitrogen and oxygen atoms in total. The van der Waals surface area contributed by atoms with Crippen LogP contribution >= 0.6 is 15.9 Å². The molecule has 2 aliphatic rings. The van der Waals surface area contributed by atoms with Crippen LogP contribution in [-0.4, -0.2) is 25.4 Å². The number of fused-ring (bicyclic) bond motifs is 3. The highest BCUT2D eigenvalue weighted by molar-refractivity contribution is 9.10. The quantitative estimate of drug-likeness (QED) is 0.556. The first kappa shape index (κ1) is 17.5. The Labute approximate surface area is 154 Å². The minimum absolute atomic E-state index is 0.550. The molecule has 0 spiro atoms. The van der Waals surface area contributed by atoms with Gasteiger partial charge >= 0.3 is 12.1 Å². The Kier molecular flexibility index (Phi) is 3.92. The lowest BCUT2D eigenvalue weighted by atomic mass is 9.57. The highest BCUT2D eigenvalue weighted by Crippen LogP contribution is 2.62. The van der Waals surface area contributed by atoms with E-state index >= 15 is 0 Å². The van der Waals surface area contributed by atoms with Crippen molar-refractivity contribution >= 4 is 33.7 Å². The van der Waals surface area contributed by atoms with Gasteiger partial charge in [0.15, 0.2) is 12.1 Å². The third kappa shape index (κ3) is 2.00. The molecular formula is C18H17BrN2O4. The van der Waals surface area contributed by atoms with Crippen LogP contribution in [0, 0.1) is 22.7 Å². The summed E-state index contributed by atoms with van der Waals surface area (Å²) in [7, 11) is 1.26. The summed E-state index contributed by atoms with van der Waals surface area (Å²) in [6, 6.07) is 7.47. The highest BCUT2D eigenvalue weighted by atomic mass is 79.9. The third-order valence-electron chi connectivity index (χ3n) is 5.28. The number of methoxy groups -OCH3 is 1. The van der Waals surface area contributed by atoms with E-state index in [4.69, 9.17) is 9.47 Å². The largest absolute Gasteiger partial charge is 0.452 e. The molecule has 25 heavy (non-hydrogen) atoms. The Hall–Kier alpha value is -2.33. The van der Waals surface area contributed by atoms with Crippen molar-refractivity contribution in [3.05, 3.63) is 40.9 Å². The molecule has 0 saturated carbocycles. The number of amides is 1. The van der Waals surface area contributed by atoms with Crippen molar-refractivity contribution in [1.82, 2.24) is 0 Å². The van der Waals surface area contributed by atoms with Gasteiger partial charge in [-0.3, -0.25) is 4.79 Å². The van der Waals surface area contributed by atoms with E-state index in [1.165, 1.54) is 12.0 Å². The second-order valence-electron chi connectivity index (χ2n) is 6.65. The standard InChI is InChI=1S/C18H17BrN2O4/c1-5-17(2,3)18-11-7-6-10(19)8-13(11)21(16(23)24-4)15(18)25-14(22)12(18)9-20/h5-8,12,15H,1H2,2-4H3/t12-,15+,18+/m0/s1. The van der Waals surface area contributed by atoms with Crippen molar-refractivity contribution < 1.29 is 19.1 Å². The van der Waals surface area contributed by atoms with E-state index in [0.29, 0.717) is 11.3 Å². The highest BCUT2D eigenvalue weighted by Gasteiger charge is 2.71. The SMILES string of the molecule is C=CC(C)(C)[C@@]12c3ccc(Br)cc3N(C(=O)OC)[C@@H]1OC(=O)[C@@H]2C#N. The van der Waals surface area contributed by atoms with E-state index in [2.05, 4.69) is 28.6 Å². The van der Waals surface area contributed by atoms with Crippen LogP contribution in [0.2, 0.25) is 0 Å². The van der Waals surface area contributed by atoms with Gasteiger partial charge in [0.2, 0.25) is 0 Å². The van der Waals surface area contributed by atoms with Gasteiger partial charge in [-0.1, -0.05) is 41.9 Å². The number of rotatable bonds is 2. The normalized spacial score (nSPS) is 27.2. The smallest absolute Gasteiger partial charge is 0.417 e. The summed E-state index contributed by atoms with van der Waals surface area (Å²) in [6.07, 6.45) is 0.0608. The Balaban J connectivity index is 2.41. The van der Waals surface area contributed by atoms with Gasteiger partial charge in [-0.25, -0.2) is 9.69 Å². The van der Waals surface area contributed by atoms with Gasteiger partial charge in [0.1, 0.15) is 0 Å². The van der Waals surface area contributed by atoms with Crippen LogP contribution < -0.4 is 4.90 Å². The van der Waals surface area contributed by atoms with Gasteiger partial charge in [0, 0.05) is 4.47 Å². The Morgan fingerprint density at radius 1 is 1.56 bits per heavy atom. The van der Waals surface area contributed by atoms with E-state index in [0.717, 1.165) is 4.47 Å². The average molecular weight is 405 g/mol. The first-order valence-corrected chi connectivity index (χ1v) is 8.46. The van der Waals surface area contributed by atoms with Gasteiger partial charge < -0.3 is 9.47 Å². The molecule has 7 heteroatoms. The number of carbonyl (C=O) groups excluding carboxylic acids is 2. The van der Waals surface area contributed by atoms with Crippen LogP contribution in [0.25, 0.3) is 0 Å². The molecule has 1 fully saturated rings. The Morgan fingerprint density at radius 2 is 2.24 bits per heavy atom. The van der Waals surface area contributed by atoms with Crippen LogP contribution in [0.4, 0.5) is 10.5 Å². The number of nitriles is 1. The third-order valence-corrected chi connectivity index (χ3v) is 5.78. The van der Waals surface area contributed by atoms with E-state index in [9.17, 15) is 14.9 Å². The molecule has 3 rings (SSSR count). The van der Waals surface area contributed by atoms with Crippen LogP contribution in [-0.2, 0) is 19.7 Å². The summed E-state index contributed by atoms with van der Waals surface area (Å²) in [5.41, 5.74) is -0.553. The second-order valence-corrected chi connectivity index (χ2v) is 7.56. The van der Waals surface area contributed by atoms with Crippen LogP contribution in [0.5, 0.6) is 0 Å². The lowest BCUT2D eigenvalue weighted by Crippen LogP contribution is -2.54. The number of hydrogen-bond acceptors (Lipinski definition) is 5. The first-order chi connectivity index (χ1) is 11.8. The number of carbonyl (C=O) groups is 2. The molecule has 1 aromatic rings. The molecule has 2 aliphatic heterocycles. The molecule has 0 radical (unpaired) electrons. The topological polar surface area (TPSA) is 79.6 Å². The maximum absolute atomic E-state index is 12.5. The van der Waals surface area contributed by atoms with E-state index < -0.39 is 35.0 Å². The molecule has 2 heterocycles. The second kappa shape index (κ2) is 5.60. The summed E-state index contributed by atoms with van der Waals surface area (Å²) >= 11 is 3.40. The maximum Gasteiger partial charge on any atom is 0.417 e. The van der Waals surface area contributed by atoms with Crippen molar-refractivity contribution in [2.45, 2.75) is 25.5 Å². The predicted octanol–water partition coefficient (Wildman–Crippen LogP) is 3.51. The number of anilines is 1. The summed E-state index contributed by atoms with van der Waals surface area (Å²) < 4.78 is 11.2. The number of benzene rings is 1. The minimum atomic E-state index is -1.08. The van der Waals surface area contributed by atoms with Crippen molar-refractivity contribution in [2.75, 3.05) is 12.0 Å². The maximum atomic E-state index is 12.5. The zero-order valence-electron chi connectivity index (χ0n) is 14.1. The van der Waals surface area contributed by atoms with E-state index in [1.807, 2.05) is 26.0 Å². The zero-order valence-corrected chi connectivity index (χ0v) is 15.7. The van der Waals surface area contributed by atoms with Crippen molar-refractivity contribution in [3.8, 4) is 6.07 Å². The van der Waals surface area contributed by atoms with Gasteiger partial charge in [-0.2, -0.15) is 5.26 Å². The Morgan fingerprint density at radius 3 is 2.80 bits per heavy atom. The van der Waals surface area contributed by atoms with Gasteiger partial charge in [-0.15, -0.1) is 6.58 Å².